The van der Waals surface area contributed by atoms with Crippen LogP contribution in [-0.4, -0.2) is 59.5 Å². The van der Waals surface area contributed by atoms with Gasteiger partial charge in [0.1, 0.15) is 11.7 Å². The van der Waals surface area contributed by atoms with Crippen LogP contribution in [0.4, 0.5) is 0 Å². The van der Waals surface area contributed by atoms with Crippen molar-refractivity contribution in [1.82, 2.24) is 10.2 Å². The Morgan fingerprint density at radius 3 is 2.11 bits per heavy atom. The number of piperidine rings is 1. The number of likely N-dealkylation sites (tertiary alicyclic amines) is 1. The summed E-state index contributed by atoms with van der Waals surface area (Å²) in [4.78, 5) is 57.1. The third-order valence-corrected chi connectivity index (χ3v) is 20.2. The molecular weight excluding hydrogens is 761 g/mol. The number of carbonyl (C=O) groups is 4. The van der Waals surface area contributed by atoms with Crippen LogP contribution in [0.25, 0.3) is 0 Å². The maximum absolute atomic E-state index is 15.1. The highest BCUT2D eigenvalue weighted by atomic mass is 16.6. The van der Waals surface area contributed by atoms with Crippen LogP contribution in [0.5, 0.6) is 0 Å². The first-order chi connectivity index (χ1) is 28.4. The van der Waals surface area contributed by atoms with Crippen molar-refractivity contribution in [2.24, 2.45) is 73.9 Å². The van der Waals surface area contributed by atoms with Gasteiger partial charge in [0.15, 0.2) is 0 Å². The second-order valence-corrected chi connectivity index (χ2v) is 24.9. The number of amides is 2. The second-order valence-electron chi connectivity index (χ2n) is 24.9. The number of hydrogen-bond acceptors (Lipinski definition) is 6. The summed E-state index contributed by atoms with van der Waals surface area (Å²) in [5.74, 6) is 1.91. The van der Waals surface area contributed by atoms with E-state index in [0.717, 1.165) is 90.1 Å². The first-order valence-electron chi connectivity index (χ1n) is 25.0. The molecule has 7 rings (SSSR count). The lowest BCUT2D eigenvalue weighted by Crippen LogP contribution is -2.68. The molecule has 7 aliphatic rings. The van der Waals surface area contributed by atoms with E-state index in [0.29, 0.717) is 42.4 Å². The standard InChI is InChI=1S/C53H86N2O6/c1-14-34(45(58)61-47(4,5)6)18-21-42(56)60-41-24-25-50(11)38(49(41,9)10)23-26-52(13)39(50)20-19-36-43-35(33(2)3)22-27-53(43,29-28-51(36,52)12)46(59)54-40-32-37(48(40,7)8)44(57)55-30-16-15-17-31-55/h34-41,43H,2,14-32H2,1,3-13H3,(H,54,59)/t34?,35-,36+,37+,38-,39+,40+,41-,43+,50-,51+,52?,53-/m0/s1. The third kappa shape index (κ3) is 7.65. The summed E-state index contributed by atoms with van der Waals surface area (Å²) in [6.07, 6.45) is 15.9. The van der Waals surface area contributed by atoms with E-state index in [1.807, 2.05) is 27.7 Å². The fraction of sp³-hybridized carbons (Fsp3) is 0.887. The average Bonchev–Trinajstić information content (AvgIpc) is 3.59. The van der Waals surface area contributed by atoms with Crippen molar-refractivity contribution >= 4 is 23.8 Å². The number of hydrogen-bond donors (Lipinski definition) is 1. The van der Waals surface area contributed by atoms with Gasteiger partial charge in [0.2, 0.25) is 11.8 Å². The van der Waals surface area contributed by atoms with Gasteiger partial charge < -0.3 is 19.7 Å². The number of esters is 2. The highest BCUT2D eigenvalue weighted by Gasteiger charge is 2.72. The molecule has 13 atom stereocenters. The van der Waals surface area contributed by atoms with Gasteiger partial charge in [-0.05, 0) is 182 Å². The molecule has 1 saturated heterocycles. The first-order valence-corrected chi connectivity index (χ1v) is 25.0. The van der Waals surface area contributed by atoms with E-state index in [9.17, 15) is 14.4 Å². The number of nitrogens with one attached hydrogen (secondary N) is 1. The molecule has 0 aromatic rings. The van der Waals surface area contributed by atoms with E-state index in [1.54, 1.807) is 0 Å². The van der Waals surface area contributed by atoms with Gasteiger partial charge in [-0.2, -0.15) is 0 Å². The maximum Gasteiger partial charge on any atom is 0.309 e. The van der Waals surface area contributed by atoms with E-state index in [1.165, 1.54) is 18.4 Å². The van der Waals surface area contributed by atoms with Crippen molar-refractivity contribution in [2.45, 2.75) is 210 Å². The van der Waals surface area contributed by atoms with E-state index >= 15 is 4.79 Å². The molecule has 0 aromatic heterocycles. The zero-order valence-corrected chi connectivity index (χ0v) is 40.7. The van der Waals surface area contributed by atoms with E-state index < -0.39 is 5.60 Å². The van der Waals surface area contributed by atoms with Crippen LogP contribution in [0.15, 0.2) is 12.2 Å². The lowest BCUT2D eigenvalue weighted by Gasteiger charge is -2.73. The van der Waals surface area contributed by atoms with Gasteiger partial charge in [-0.15, -0.1) is 0 Å². The van der Waals surface area contributed by atoms with Gasteiger partial charge in [0.05, 0.1) is 11.3 Å². The van der Waals surface area contributed by atoms with Crippen molar-refractivity contribution in [2.75, 3.05) is 13.1 Å². The van der Waals surface area contributed by atoms with Gasteiger partial charge in [-0.25, -0.2) is 0 Å². The van der Waals surface area contributed by atoms with Crippen molar-refractivity contribution in [1.29, 1.82) is 0 Å². The normalized spacial score (nSPS) is 41.7. The Balaban J connectivity index is 1.05. The molecule has 0 aromatic carbocycles. The average molecular weight is 847 g/mol. The topological polar surface area (TPSA) is 102 Å². The maximum atomic E-state index is 15.1. The summed E-state index contributed by atoms with van der Waals surface area (Å²) in [6.45, 7) is 33.2. The molecule has 8 heteroatoms. The minimum atomic E-state index is -0.549. The lowest BCUT2D eigenvalue weighted by molar-refractivity contribution is -0.249. The van der Waals surface area contributed by atoms with Crippen molar-refractivity contribution in [3.63, 3.8) is 0 Å². The molecule has 7 fully saturated rings. The van der Waals surface area contributed by atoms with Crippen LogP contribution in [0.1, 0.15) is 192 Å². The SMILES string of the molecule is C=C(C)[C@@H]1CC[C@]2(C(=O)N[C@@H]3C[C@H](C(=O)N4CCCCC4)C3(C)C)CC[C@]3(C)[C@H](CC[C@H]4C3(C)CC[C@H]3C(C)(C)[C@@H](OC(=O)CCC(CC)C(=O)OC(C)(C)C)CC[C@@]34C)[C@@H]12. The third-order valence-electron chi connectivity index (χ3n) is 20.2. The quantitative estimate of drug-likeness (QED) is 0.174. The molecule has 1 N–H and O–H groups in total. The molecule has 1 aliphatic heterocycles. The van der Waals surface area contributed by atoms with E-state index in [-0.39, 0.29) is 86.7 Å². The number of allylic oxidation sites excluding steroid dienone is 1. The Labute approximate surface area is 370 Å². The first kappa shape index (κ1) is 46.6. The number of rotatable bonds is 10. The smallest absolute Gasteiger partial charge is 0.309 e. The Kier molecular flexibility index (Phi) is 12.4. The van der Waals surface area contributed by atoms with Crippen molar-refractivity contribution in [3.05, 3.63) is 12.2 Å². The molecule has 0 spiro atoms. The van der Waals surface area contributed by atoms with Gasteiger partial charge in [0, 0.05) is 36.9 Å². The summed E-state index contributed by atoms with van der Waals surface area (Å²) < 4.78 is 12.0. The van der Waals surface area contributed by atoms with Gasteiger partial charge in [-0.1, -0.05) is 67.5 Å². The van der Waals surface area contributed by atoms with Crippen LogP contribution in [-0.2, 0) is 28.7 Å². The molecule has 0 radical (unpaired) electrons. The number of nitrogens with zero attached hydrogens (tertiary/aromatic N) is 1. The molecule has 0 bridgehead atoms. The Morgan fingerprint density at radius 1 is 0.803 bits per heavy atom. The molecule has 61 heavy (non-hydrogen) atoms. The van der Waals surface area contributed by atoms with Gasteiger partial charge in [-0.3, -0.25) is 19.2 Å². The minimum Gasteiger partial charge on any atom is -0.462 e. The molecule has 6 saturated carbocycles. The molecular formula is C53H86N2O6. The fourth-order valence-corrected chi connectivity index (χ4v) is 16.3. The van der Waals surface area contributed by atoms with Crippen LogP contribution in [0.3, 0.4) is 0 Å². The molecule has 6 aliphatic carbocycles. The van der Waals surface area contributed by atoms with Crippen LogP contribution in [0, 0.1) is 73.9 Å². The molecule has 2 amide bonds. The fourth-order valence-electron chi connectivity index (χ4n) is 16.3. The highest BCUT2D eigenvalue weighted by Crippen LogP contribution is 2.77. The highest BCUT2D eigenvalue weighted by molar-refractivity contribution is 5.86. The number of carbonyl (C=O) groups excluding carboxylic acids is 4. The van der Waals surface area contributed by atoms with Crippen LogP contribution < -0.4 is 5.32 Å². The second kappa shape index (κ2) is 16.2. The van der Waals surface area contributed by atoms with Gasteiger partial charge >= 0.3 is 11.9 Å². The van der Waals surface area contributed by atoms with Gasteiger partial charge in [0.25, 0.3) is 0 Å². The van der Waals surface area contributed by atoms with E-state index in [4.69, 9.17) is 9.47 Å². The summed E-state index contributed by atoms with van der Waals surface area (Å²) in [5.41, 5.74) is 0.265. The number of fused-ring (bicyclic) bond motifs is 7. The zero-order chi connectivity index (χ0) is 44.7. The molecule has 1 heterocycles. The Morgan fingerprint density at radius 2 is 1.49 bits per heavy atom. The summed E-state index contributed by atoms with van der Waals surface area (Å²) in [5, 5.41) is 3.66. The Hall–Kier alpha value is -2.38. The molecule has 344 valence electrons. The van der Waals surface area contributed by atoms with Crippen LogP contribution in [0.2, 0.25) is 0 Å². The summed E-state index contributed by atoms with van der Waals surface area (Å²) in [7, 11) is 0. The molecule has 2 unspecified atom stereocenters. The Bertz CT molecular complexity index is 1720. The van der Waals surface area contributed by atoms with Crippen molar-refractivity contribution < 1.29 is 28.7 Å². The van der Waals surface area contributed by atoms with E-state index in [2.05, 4.69) is 72.2 Å². The molecule has 8 nitrogen and oxygen atoms in total. The van der Waals surface area contributed by atoms with Crippen LogP contribution >= 0.6 is 0 Å². The summed E-state index contributed by atoms with van der Waals surface area (Å²) in [6, 6.07) is 0.0256. The lowest BCUT2D eigenvalue weighted by atomic mass is 9.32. The minimum absolute atomic E-state index is 0.0197. The summed E-state index contributed by atoms with van der Waals surface area (Å²) >= 11 is 0. The zero-order valence-electron chi connectivity index (χ0n) is 40.7. The predicted molar refractivity (Wildman–Crippen MR) is 242 cm³/mol. The van der Waals surface area contributed by atoms with Crippen molar-refractivity contribution in [3.8, 4) is 0 Å². The number of ether oxygens (including phenoxy) is 2. The largest absolute Gasteiger partial charge is 0.462 e. The predicted octanol–water partition coefficient (Wildman–Crippen LogP) is 11.2. The monoisotopic (exact) mass is 847 g/mol.